The van der Waals surface area contributed by atoms with E-state index in [2.05, 4.69) is 0 Å². The summed E-state index contributed by atoms with van der Waals surface area (Å²) in [4.78, 5) is 0. The third-order valence-electron chi connectivity index (χ3n) is 6.10. The molecule has 0 aromatic carbocycles. The van der Waals surface area contributed by atoms with Gasteiger partial charge in [0.05, 0.1) is 19.8 Å². The Labute approximate surface area is 192 Å². The van der Waals surface area contributed by atoms with Crippen molar-refractivity contribution in [1.82, 2.24) is 0 Å². The van der Waals surface area contributed by atoms with Gasteiger partial charge < -0.3 is 79.9 Å². The molecule has 34 heavy (non-hydrogen) atoms. The van der Waals surface area contributed by atoms with Gasteiger partial charge in [-0.2, -0.15) is 0 Å². The van der Waals surface area contributed by atoms with Gasteiger partial charge in [0.1, 0.15) is 73.2 Å². The number of rotatable bonds is 7. The van der Waals surface area contributed by atoms with Gasteiger partial charge in [-0.3, -0.25) is 0 Å². The first-order valence-corrected chi connectivity index (χ1v) is 10.6. The van der Waals surface area contributed by atoms with Crippen molar-refractivity contribution in [3.8, 4) is 0 Å². The van der Waals surface area contributed by atoms with Crippen LogP contribution in [0.4, 0.5) is 0 Å². The number of aliphatic hydroxyl groups excluding tert-OH is 11. The van der Waals surface area contributed by atoms with Crippen LogP contribution < -0.4 is 0 Å². The molecule has 0 bridgehead atoms. The first-order valence-electron chi connectivity index (χ1n) is 10.6. The molecule has 0 unspecified atom stereocenters. The van der Waals surface area contributed by atoms with Crippen LogP contribution in [-0.4, -0.2) is 168 Å². The van der Waals surface area contributed by atoms with Gasteiger partial charge in [-0.15, -0.1) is 0 Å². The summed E-state index contributed by atoms with van der Waals surface area (Å²) in [6.45, 7) is -2.33. The second-order valence-corrected chi connectivity index (χ2v) is 8.33. The summed E-state index contributed by atoms with van der Waals surface area (Å²) < 4.78 is 26.5. The zero-order valence-corrected chi connectivity index (χ0v) is 17.7. The number of ether oxygens (including phenoxy) is 5. The van der Waals surface area contributed by atoms with Crippen LogP contribution in [-0.2, 0) is 23.7 Å². The molecular formula is C18H32O16. The van der Waals surface area contributed by atoms with Gasteiger partial charge in [-0.1, -0.05) is 0 Å². The molecule has 3 fully saturated rings. The van der Waals surface area contributed by atoms with E-state index in [0.29, 0.717) is 0 Å². The lowest BCUT2D eigenvalue weighted by Crippen LogP contribution is -2.67. The highest BCUT2D eigenvalue weighted by Crippen LogP contribution is 2.32. The summed E-state index contributed by atoms with van der Waals surface area (Å²) in [7, 11) is 0. The molecule has 3 aliphatic heterocycles. The molecule has 0 radical (unpaired) electrons. The first kappa shape index (κ1) is 27.9. The Morgan fingerprint density at radius 2 is 0.824 bits per heavy atom. The Kier molecular flexibility index (Phi) is 9.54. The topological polar surface area (TPSA) is 269 Å². The Bertz CT molecular complexity index is 637. The molecule has 11 N–H and O–H groups in total. The van der Waals surface area contributed by atoms with Crippen LogP contribution in [0.1, 0.15) is 0 Å². The van der Waals surface area contributed by atoms with E-state index in [4.69, 9.17) is 23.7 Å². The van der Waals surface area contributed by atoms with E-state index in [-0.39, 0.29) is 0 Å². The van der Waals surface area contributed by atoms with Gasteiger partial charge in [-0.25, -0.2) is 0 Å². The normalized spacial score (nSPS) is 52.5. The Morgan fingerprint density at radius 1 is 0.441 bits per heavy atom. The largest absolute Gasteiger partial charge is 0.394 e. The summed E-state index contributed by atoms with van der Waals surface area (Å²) in [6, 6.07) is 0. The second kappa shape index (κ2) is 11.6. The van der Waals surface area contributed by atoms with Crippen molar-refractivity contribution in [3.63, 3.8) is 0 Å². The average molecular weight is 504 g/mol. The van der Waals surface area contributed by atoms with Crippen LogP contribution in [0.2, 0.25) is 0 Å². The van der Waals surface area contributed by atoms with Crippen molar-refractivity contribution in [2.75, 3.05) is 19.8 Å². The van der Waals surface area contributed by atoms with Crippen molar-refractivity contribution >= 4 is 0 Å². The van der Waals surface area contributed by atoms with Gasteiger partial charge in [0.25, 0.3) is 0 Å². The smallest absolute Gasteiger partial charge is 0.187 e. The van der Waals surface area contributed by atoms with Crippen molar-refractivity contribution in [2.45, 2.75) is 92.1 Å². The second-order valence-electron chi connectivity index (χ2n) is 8.33. The molecule has 3 rings (SSSR count). The molecule has 0 aliphatic carbocycles. The van der Waals surface area contributed by atoms with Crippen LogP contribution in [0.25, 0.3) is 0 Å². The van der Waals surface area contributed by atoms with Crippen LogP contribution >= 0.6 is 0 Å². The summed E-state index contributed by atoms with van der Waals surface area (Å²) in [5.41, 5.74) is 0. The van der Waals surface area contributed by atoms with Crippen molar-refractivity contribution in [1.29, 1.82) is 0 Å². The Balaban J connectivity index is 1.83. The summed E-state index contributed by atoms with van der Waals surface area (Å²) in [6.07, 6.45) is -25.6. The van der Waals surface area contributed by atoms with Crippen molar-refractivity contribution in [2.24, 2.45) is 0 Å². The molecule has 0 saturated carbocycles. The molecule has 16 nitrogen and oxygen atoms in total. The van der Waals surface area contributed by atoms with Crippen LogP contribution in [0.3, 0.4) is 0 Å². The highest BCUT2D eigenvalue weighted by Gasteiger charge is 2.53. The van der Waals surface area contributed by atoms with E-state index < -0.39 is 112 Å². The molecule has 200 valence electrons. The van der Waals surface area contributed by atoms with Gasteiger partial charge in [-0.05, 0) is 0 Å². The van der Waals surface area contributed by atoms with Crippen LogP contribution in [0.15, 0.2) is 0 Å². The minimum atomic E-state index is -1.94. The van der Waals surface area contributed by atoms with E-state index in [1.54, 1.807) is 0 Å². The predicted molar refractivity (Wildman–Crippen MR) is 101 cm³/mol. The fourth-order valence-electron chi connectivity index (χ4n) is 4.03. The zero-order valence-electron chi connectivity index (χ0n) is 17.7. The minimum absolute atomic E-state index is 0.769. The summed E-state index contributed by atoms with van der Waals surface area (Å²) in [5, 5.41) is 109. The average Bonchev–Trinajstić information content (AvgIpc) is 2.83. The molecule has 15 atom stereocenters. The first-order chi connectivity index (χ1) is 16.0. The quantitative estimate of drug-likeness (QED) is 0.154. The molecule has 0 spiro atoms. The highest BCUT2D eigenvalue weighted by molar-refractivity contribution is 4.96. The van der Waals surface area contributed by atoms with Gasteiger partial charge in [0.15, 0.2) is 18.9 Å². The van der Waals surface area contributed by atoms with Crippen molar-refractivity contribution in [3.05, 3.63) is 0 Å². The lowest BCUT2D eigenvalue weighted by atomic mass is 9.96. The van der Waals surface area contributed by atoms with Gasteiger partial charge in [0.2, 0.25) is 0 Å². The summed E-state index contributed by atoms with van der Waals surface area (Å²) in [5.74, 6) is 0. The maximum absolute atomic E-state index is 10.6. The predicted octanol–water partition coefficient (Wildman–Crippen LogP) is -7.57. The lowest BCUT2D eigenvalue weighted by molar-refractivity contribution is -0.387. The number of aliphatic hydroxyl groups is 11. The zero-order chi connectivity index (χ0) is 25.3. The number of hydrogen-bond acceptors (Lipinski definition) is 16. The highest BCUT2D eigenvalue weighted by atomic mass is 16.8. The van der Waals surface area contributed by atoms with Crippen molar-refractivity contribution < 1.29 is 79.9 Å². The van der Waals surface area contributed by atoms with Gasteiger partial charge >= 0.3 is 0 Å². The van der Waals surface area contributed by atoms with E-state index in [0.717, 1.165) is 0 Å². The van der Waals surface area contributed by atoms with E-state index in [9.17, 15) is 56.2 Å². The van der Waals surface area contributed by atoms with Crippen LogP contribution in [0, 0.1) is 0 Å². The molecule has 16 heteroatoms. The Hall–Kier alpha value is -0.640. The maximum Gasteiger partial charge on any atom is 0.187 e. The maximum atomic E-state index is 10.6. The molecule has 3 heterocycles. The molecule has 0 aromatic rings. The van der Waals surface area contributed by atoms with E-state index in [1.165, 1.54) is 0 Å². The lowest BCUT2D eigenvalue weighted by Gasteiger charge is -2.48. The summed E-state index contributed by atoms with van der Waals surface area (Å²) >= 11 is 0. The SMILES string of the molecule is OC[C@H]1O[C@@H](O[C@@H]2[C@@H](O[C@@H]3O[C@H](CO)[C@H](O)[C@H](O)[C@H]3O)[C@H](O)[C@@H](CO)O[C@H]2O)[C@H](O)[C@@H](O)[C@H]1O. The molecule has 3 aliphatic rings. The Morgan fingerprint density at radius 3 is 1.24 bits per heavy atom. The van der Waals surface area contributed by atoms with E-state index >= 15 is 0 Å². The molecule has 0 amide bonds. The van der Waals surface area contributed by atoms with E-state index in [1.807, 2.05) is 0 Å². The number of hydrogen-bond donors (Lipinski definition) is 11. The monoisotopic (exact) mass is 504 g/mol. The third kappa shape index (κ3) is 5.37. The third-order valence-corrected chi connectivity index (χ3v) is 6.10. The molecule has 0 aromatic heterocycles. The molecule has 3 saturated heterocycles. The van der Waals surface area contributed by atoms with Gasteiger partial charge in [0, 0.05) is 0 Å². The molecular weight excluding hydrogens is 472 g/mol. The fourth-order valence-corrected chi connectivity index (χ4v) is 4.03. The fraction of sp³-hybridized carbons (Fsp3) is 1.00. The minimum Gasteiger partial charge on any atom is -0.394 e. The standard InChI is InChI=1S/C18H32O16/c19-1-4-7(22)10(25)12(27)17(31-4)33-14-9(24)6(3-21)30-16(29)15(14)34-18-13(28)11(26)8(23)5(2-20)32-18/h4-29H,1-3H2/t4-,5-,6-,7+,8+,9-,10+,11+,12-,13-,14+,15-,16-,17+,18+/m1/s1. The van der Waals surface area contributed by atoms with Crippen LogP contribution in [0.5, 0.6) is 0 Å².